The van der Waals surface area contributed by atoms with Crippen LogP contribution in [-0.2, 0) is 4.79 Å². The van der Waals surface area contributed by atoms with E-state index in [1.165, 1.54) is 0 Å². The third kappa shape index (κ3) is 3.37. The standard InChI is InChI=1S/C17H20N4OS/c22-17(18-13-3-4-13)12-7-9-21(10-8-12)16-6-5-14(19-20-16)15-2-1-11-23-15/h1-2,5-6,11-13H,3-4,7-10H2,(H,18,22). The van der Waals surface area contributed by atoms with Crippen LogP contribution in [0, 0.1) is 5.92 Å². The highest BCUT2D eigenvalue weighted by Crippen LogP contribution is 2.26. The Morgan fingerprint density at radius 3 is 2.57 bits per heavy atom. The maximum absolute atomic E-state index is 12.1. The number of amides is 1. The Balaban J connectivity index is 1.35. The quantitative estimate of drug-likeness (QED) is 0.937. The van der Waals surface area contributed by atoms with Gasteiger partial charge in [-0.25, -0.2) is 0 Å². The average Bonchev–Trinajstić information content (AvgIpc) is 3.24. The molecule has 3 heterocycles. The van der Waals surface area contributed by atoms with Crippen LogP contribution in [0.1, 0.15) is 25.7 Å². The molecule has 2 aromatic rings. The molecule has 5 nitrogen and oxygen atoms in total. The van der Waals surface area contributed by atoms with Gasteiger partial charge in [-0.15, -0.1) is 21.5 Å². The molecule has 1 saturated heterocycles. The van der Waals surface area contributed by atoms with Crippen molar-refractivity contribution in [3.63, 3.8) is 0 Å². The fourth-order valence-corrected chi connectivity index (χ4v) is 3.66. The molecular weight excluding hydrogens is 308 g/mol. The van der Waals surface area contributed by atoms with Gasteiger partial charge in [-0.05, 0) is 49.3 Å². The lowest BCUT2D eigenvalue weighted by atomic mass is 9.96. The van der Waals surface area contributed by atoms with Crippen molar-refractivity contribution in [1.82, 2.24) is 15.5 Å². The average molecular weight is 328 g/mol. The number of thiophene rings is 1. The van der Waals surface area contributed by atoms with Gasteiger partial charge in [-0.2, -0.15) is 0 Å². The van der Waals surface area contributed by atoms with Crippen LogP contribution in [0.5, 0.6) is 0 Å². The third-order valence-electron chi connectivity index (χ3n) is 4.54. The molecule has 4 rings (SSSR count). The molecule has 1 N–H and O–H groups in total. The maximum Gasteiger partial charge on any atom is 0.223 e. The van der Waals surface area contributed by atoms with Crippen molar-refractivity contribution in [3.8, 4) is 10.6 Å². The van der Waals surface area contributed by atoms with Crippen molar-refractivity contribution in [1.29, 1.82) is 0 Å². The highest BCUT2D eigenvalue weighted by Gasteiger charge is 2.30. The SMILES string of the molecule is O=C(NC1CC1)C1CCN(c2ccc(-c3cccs3)nn2)CC1. The first-order valence-corrected chi connectivity index (χ1v) is 9.10. The van der Waals surface area contributed by atoms with Crippen molar-refractivity contribution in [2.75, 3.05) is 18.0 Å². The van der Waals surface area contributed by atoms with Crippen LogP contribution in [0.25, 0.3) is 10.6 Å². The van der Waals surface area contributed by atoms with E-state index < -0.39 is 0 Å². The van der Waals surface area contributed by atoms with Gasteiger partial charge in [0, 0.05) is 25.0 Å². The number of piperidine rings is 1. The van der Waals surface area contributed by atoms with Crippen molar-refractivity contribution >= 4 is 23.1 Å². The first-order valence-electron chi connectivity index (χ1n) is 8.22. The Morgan fingerprint density at radius 1 is 1.13 bits per heavy atom. The second-order valence-electron chi connectivity index (χ2n) is 6.30. The summed E-state index contributed by atoms with van der Waals surface area (Å²) in [5.41, 5.74) is 0.919. The molecule has 1 aliphatic carbocycles. The van der Waals surface area contributed by atoms with E-state index >= 15 is 0 Å². The zero-order valence-electron chi connectivity index (χ0n) is 12.9. The zero-order chi connectivity index (χ0) is 15.6. The fraction of sp³-hybridized carbons (Fsp3) is 0.471. The molecule has 0 atom stereocenters. The Labute approximate surface area is 139 Å². The molecule has 2 aliphatic rings. The number of aromatic nitrogens is 2. The van der Waals surface area contributed by atoms with Gasteiger partial charge in [-0.1, -0.05) is 6.07 Å². The minimum absolute atomic E-state index is 0.158. The van der Waals surface area contributed by atoms with Crippen LogP contribution in [0.4, 0.5) is 5.82 Å². The van der Waals surface area contributed by atoms with Crippen LogP contribution >= 0.6 is 11.3 Å². The van der Waals surface area contributed by atoms with Gasteiger partial charge >= 0.3 is 0 Å². The van der Waals surface area contributed by atoms with Gasteiger partial charge in [0.15, 0.2) is 5.82 Å². The van der Waals surface area contributed by atoms with Gasteiger partial charge in [-0.3, -0.25) is 4.79 Å². The minimum atomic E-state index is 0.158. The molecule has 6 heteroatoms. The van der Waals surface area contributed by atoms with Gasteiger partial charge < -0.3 is 10.2 Å². The Hall–Kier alpha value is -1.95. The highest BCUT2D eigenvalue weighted by atomic mass is 32.1. The minimum Gasteiger partial charge on any atom is -0.355 e. The van der Waals surface area contributed by atoms with E-state index in [0.717, 1.165) is 55.2 Å². The van der Waals surface area contributed by atoms with Crippen LogP contribution < -0.4 is 10.2 Å². The summed E-state index contributed by atoms with van der Waals surface area (Å²) in [6, 6.07) is 8.59. The van der Waals surface area contributed by atoms with E-state index in [1.54, 1.807) is 11.3 Å². The number of nitrogens with zero attached hydrogens (tertiary/aromatic N) is 3. The van der Waals surface area contributed by atoms with E-state index in [2.05, 4.69) is 26.5 Å². The lowest BCUT2D eigenvalue weighted by Gasteiger charge is -2.31. The number of carbonyl (C=O) groups excluding carboxylic acids is 1. The van der Waals surface area contributed by atoms with Crippen LogP contribution in [0.3, 0.4) is 0 Å². The molecule has 0 radical (unpaired) electrons. The van der Waals surface area contributed by atoms with Gasteiger partial charge in [0.1, 0.15) is 5.69 Å². The Kier molecular flexibility index (Phi) is 3.99. The van der Waals surface area contributed by atoms with Crippen molar-refractivity contribution in [2.45, 2.75) is 31.7 Å². The van der Waals surface area contributed by atoms with Crippen LogP contribution in [0.15, 0.2) is 29.6 Å². The second kappa shape index (κ2) is 6.28. The normalized spacial score (nSPS) is 18.9. The summed E-state index contributed by atoms with van der Waals surface area (Å²) in [5.74, 6) is 1.31. The monoisotopic (exact) mass is 328 g/mol. The van der Waals surface area contributed by atoms with E-state index in [1.807, 2.05) is 23.6 Å². The third-order valence-corrected chi connectivity index (χ3v) is 5.43. The second-order valence-corrected chi connectivity index (χ2v) is 7.25. The number of rotatable bonds is 4. The largest absolute Gasteiger partial charge is 0.355 e. The first kappa shape index (κ1) is 14.6. The topological polar surface area (TPSA) is 58.1 Å². The van der Waals surface area contributed by atoms with Crippen LogP contribution in [-0.4, -0.2) is 35.2 Å². The number of carbonyl (C=O) groups is 1. The van der Waals surface area contributed by atoms with Crippen molar-refractivity contribution in [2.24, 2.45) is 5.92 Å². The first-order chi connectivity index (χ1) is 11.3. The molecular formula is C17H20N4OS. The molecule has 0 aromatic carbocycles. The molecule has 1 amide bonds. The number of hydrogen-bond donors (Lipinski definition) is 1. The molecule has 2 fully saturated rings. The lowest BCUT2D eigenvalue weighted by Crippen LogP contribution is -2.41. The summed E-state index contributed by atoms with van der Waals surface area (Å²) in [6.07, 6.45) is 4.09. The molecule has 0 unspecified atom stereocenters. The van der Waals surface area contributed by atoms with Crippen molar-refractivity contribution < 1.29 is 4.79 Å². The summed E-state index contributed by atoms with van der Waals surface area (Å²) >= 11 is 1.67. The smallest absolute Gasteiger partial charge is 0.223 e. The molecule has 23 heavy (non-hydrogen) atoms. The number of anilines is 1. The molecule has 120 valence electrons. The Morgan fingerprint density at radius 2 is 1.96 bits per heavy atom. The molecule has 0 bridgehead atoms. The predicted molar refractivity (Wildman–Crippen MR) is 91.4 cm³/mol. The van der Waals surface area contributed by atoms with Gasteiger partial charge in [0.25, 0.3) is 0 Å². The molecule has 1 saturated carbocycles. The van der Waals surface area contributed by atoms with Crippen LogP contribution in [0.2, 0.25) is 0 Å². The van der Waals surface area contributed by atoms with E-state index in [4.69, 9.17) is 0 Å². The van der Waals surface area contributed by atoms with Gasteiger partial charge in [0.2, 0.25) is 5.91 Å². The summed E-state index contributed by atoms with van der Waals surface area (Å²) in [6.45, 7) is 1.74. The van der Waals surface area contributed by atoms with Gasteiger partial charge in [0.05, 0.1) is 4.88 Å². The highest BCUT2D eigenvalue weighted by molar-refractivity contribution is 7.13. The number of hydrogen-bond acceptors (Lipinski definition) is 5. The maximum atomic E-state index is 12.1. The number of nitrogens with one attached hydrogen (secondary N) is 1. The van der Waals surface area contributed by atoms with E-state index in [9.17, 15) is 4.79 Å². The molecule has 0 spiro atoms. The fourth-order valence-electron chi connectivity index (χ4n) is 2.97. The summed E-state index contributed by atoms with van der Waals surface area (Å²) < 4.78 is 0. The Bertz CT molecular complexity index is 658. The summed E-state index contributed by atoms with van der Waals surface area (Å²) in [7, 11) is 0. The zero-order valence-corrected chi connectivity index (χ0v) is 13.8. The molecule has 1 aliphatic heterocycles. The van der Waals surface area contributed by atoms with Crippen molar-refractivity contribution in [3.05, 3.63) is 29.6 Å². The van der Waals surface area contributed by atoms with E-state index in [-0.39, 0.29) is 11.8 Å². The predicted octanol–water partition coefficient (Wildman–Crippen LogP) is 2.70. The summed E-state index contributed by atoms with van der Waals surface area (Å²) in [4.78, 5) is 15.5. The molecule has 2 aromatic heterocycles. The van der Waals surface area contributed by atoms with E-state index in [0.29, 0.717) is 6.04 Å². The lowest BCUT2D eigenvalue weighted by molar-refractivity contribution is -0.125. The summed E-state index contributed by atoms with van der Waals surface area (Å²) in [5, 5.41) is 13.9.